The predicted octanol–water partition coefficient (Wildman–Crippen LogP) is 3.45. The number of hydrogen-bond acceptors (Lipinski definition) is 6. The highest BCUT2D eigenvalue weighted by Gasteiger charge is 2.28. The van der Waals surface area contributed by atoms with Crippen LogP contribution in [0.25, 0.3) is 5.69 Å². The molecule has 2 heterocycles. The molecule has 5 nitrogen and oxygen atoms in total. The molecule has 0 N–H and O–H groups in total. The van der Waals surface area contributed by atoms with Gasteiger partial charge in [0.15, 0.2) is 5.16 Å². The van der Waals surface area contributed by atoms with Gasteiger partial charge in [-0.25, -0.2) is 9.37 Å². The maximum atomic E-state index is 13.3. The van der Waals surface area contributed by atoms with Crippen LogP contribution in [0.5, 0.6) is 0 Å². The number of carbonyl (C=O) groups is 1. The molecule has 0 fully saturated rings. The Balaban J connectivity index is 2.08. The average molecular weight is 394 g/mol. The number of benzene rings is 1. The standard InChI is InChI=1S/C18H19FN2O3S2/c1-4-24-17(23)11(3)26-18-20-14-9-10(2)25-15(14)16(22)21(18)13-7-5-12(19)6-8-13/h5-8,10-11H,4,9H2,1-3H3/t10-,11+/m1/s1. The van der Waals surface area contributed by atoms with E-state index in [-0.39, 0.29) is 22.6 Å². The Bertz CT molecular complexity index is 883. The Morgan fingerprint density at radius 3 is 2.81 bits per heavy atom. The van der Waals surface area contributed by atoms with Crippen molar-refractivity contribution in [1.29, 1.82) is 0 Å². The summed E-state index contributed by atoms with van der Waals surface area (Å²) < 4.78 is 19.8. The summed E-state index contributed by atoms with van der Waals surface area (Å²) in [6.07, 6.45) is 0.709. The molecule has 0 saturated carbocycles. The van der Waals surface area contributed by atoms with E-state index in [1.807, 2.05) is 6.92 Å². The van der Waals surface area contributed by atoms with Crippen molar-refractivity contribution in [3.8, 4) is 5.69 Å². The van der Waals surface area contributed by atoms with Gasteiger partial charge in [-0.3, -0.25) is 14.2 Å². The van der Waals surface area contributed by atoms with Crippen molar-refractivity contribution < 1.29 is 13.9 Å². The Kier molecular flexibility index (Phi) is 5.72. The minimum absolute atomic E-state index is 0.186. The summed E-state index contributed by atoms with van der Waals surface area (Å²) in [5.41, 5.74) is 1.09. The van der Waals surface area contributed by atoms with Crippen LogP contribution in [-0.4, -0.2) is 32.6 Å². The molecular weight excluding hydrogens is 375 g/mol. The molecule has 0 saturated heterocycles. The van der Waals surface area contributed by atoms with Gasteiger partial charge in [-0.05, 0) is 38.1 Å². The number of hydrogen-bond donors (Lipinski definition) is 0. The summed E-state index contributed by atoms with van der Waals surface area (Å²) >= 11 is 2.67. The summed E-state index contributed by atoms with van der Waals surface area (Å²) in [5.74, 6) is -0.742. The molecule has 0 radical (unpaired) electrons. The molecule has 1 aromatic heterocycles. The first kappa shape index (κ1) is 19.0. The quantitative estimate of drug-likeness (QED) is 0.440. The molecule has 8 heteroatoms. The summed E-state index contributed by atoms with van der Waals surface area (Å²) in [6, 6.07) is 5.67. The zero-order chi connectivity index (χ0) is 18.8. The highest BCUT2D eigenvalue weighted by Crippen LogP contribution is 2.35. The first-order valence-corrected chi connectivity index (χ1v) is 10.1. The van der Waals surface area contributed by atoms with Crippen LogP contribution in [0.1, 0.15) is 26.5 Å². The van der Waals surface area contributed by atoms with Crippen molar-refractivity contribution in [2.45, 2.75) is 47.7 Å². The minimum Gasteiger partial charge on any atom is -0.465 e. The molecule has 2 atom stereocenters. The largest absolute Gasteiger partial charge is 0.465 e. The molecule has 2 aromatic rings. The van der Waals surface area contributed by atoms with Gasteiger partial charge in [-0.15, -0.1) is 11.8 Å². The summed E-state index contributed by atoms with van der Waals surface area (Å²) in [6.45, 7) is 5.80. The SMILES string of the molecule is CCOC(=O)[C@H](C)Sc1nc2c(c(=O)n1-c1ccc(F)cc1)S[C@H](C)C2. The van der Waals surface area contributed by atoms with E-state index in [1.54, 1.807) is 13.8 Å². The van der Waals surface area contributed by atoms with E-state index in [1.165, 1.54) is 52.4 Å². The van der Waals surface area contributed by atoms with E-state index in [2.05, 4.69) is 4.98 Å². The summed E-state index contributed by atoms with van der Waals surface area (Å²) in [5, 5.41) is 0.170. The predicted molar refractivity (Wildman–Crippen MR) is 101 cm³/mol. The number of fused-ring (bicyclic) bond motifs is 1. The first-order valence-electron chi connectivity index (χ1n) is 8.32. The first-order chi connectivity index (χ1) is 12.4. The third-order valence-electron chi connectivity index (χ3n) is 3.87. The van der Waals surface area contributed by atoms with E-state index < -0.39 is 5.25 Å². The number of ether oxygens (including phenoxy) is 1. The lowest BCUT2D eigenvalue weighted by Gasteiger charge is -2.16. The van der Waals surface area contributed by atoms with Gasteiger partial charge in [0.1, 0.15) is 11.1 Å². The topological polar surface area (TPSA) is 61.2 Å². The second-order valence-corrected chi connectivity index (χ2v) is 8.69. The Hall–Kier alpha value is -1.80. The normalized spacial score (nSPS) is 17.0. The Labute approximate surface area is 159 Å². The van der Waals surface area contributed by atoms with Crippen LogP contribution < -0.4 is 5.56 Å². The van der Waals surface area contributed by atoms with E-state index in [9.17, 15) is 14.0 Å². The van der Waals surface area contributed by atoms with Crippen LogP contribution in [0.2, 0.25) is 0 Å². The zero-order valence-corrected chi connectivity index (χ0v) is 16.3. The van der Waals surface area contributed by atoms with Crippen LogP contribution >= 0.6 is 23.5 Å². The van der Waals surface area contributed by atoms with Crippen LogP contribution in [0.15, 0.2) is 39.1 Å². The number of carbonyl (C=O) groups excluding carboxylic acids is 1. The molecule has 0 aliphatic carbocycles. The number of aromatic nitrogens is 2. The molecule has 0 amide bonds. The van der Waals surface area contributed by atoms with E-state index >= 15 is 0 Å². The van der Waals surface area contributed by atoms with Crippen LogP contribution in [0.3, 0.4) is 0 Å². The fourth-order valence-corrected chi connectivity index (χ4v) is 4.70. The maximum absolute atomic E-state index is 13.3. The maximum Gasteiger partial charge on any atom is 0.319 e. The van der Waals surface area contributed by atoms with Crippen molar-refractivity contribution in [1.82, 2.24) is 9.55 Å². The van der Waals surface area contributed by atoms with Crippen LogP contribution in [-0.2, 0) is 16.0 Å². The fraction of sp³-hybridized carbons (Fsp3) is 0.389. The van der Waals surface area contributed by atoms with E-state index in [0.717, 1.165) is 5.69 Å². The lowest BCUT2D eigenvalue weighted by Crippen LogP contribution is -2.26. The smallest absolute Gasteiger partial charge is 0.319 e. The van der Waals surface area contributed by atoms with Gasteiger partial charge in [-0.1, -0.05) is 18.7 Å². The number of thioether (sulfide) groups is 2. The zero-order valence-electron chi connectivity index (χ0n) is 14.7. The van der Waals surface area contributed by atoms with Crippen molar-refractivity contribution in [3.63, 3.8) is 0 Å². The molecule has 1 aliphatic rings. The third kappa shape index (κ3) is 3.81. The Morgan fingerprint density at radius 2 is 2.15 bits per heavy atom. The molecule has 0 spiro atoms. The van der Waals surface area contributed by atoms with E-state index in [0.29, 0.717) is 28.8 Å². The minimum atomic E-state index is -0.516. The fourth-order valence-electron chi connectivity index (χ4n) is 2.66. The van der Waals surface area contributed by atoms with Gasteiger partial charge in [0.05, 0.1) is 22.9 Å². The lowest BCUT2D eigenvalue weighted by molar-refractivity contribution is -0.142. The van der Waals surface area contributed by atoms with Crippen molar-refractivity contribution in [2.75, 3.05) is 6.61 Å². The number of esters is 1. The molecule has 1 aliphatic heterocycles. The molecule has 3 rings (SSSR count). The van der Waals surface area contributed by atoms with Crippen LogP contribution in [0.4, 0.5) is 4.39 Å². The van der Waals surface area contributed by atoms with Gasteiger partial charge in [0, 0.05) is 11.7 Å². The van der Waals surface area contributed by atoms with Crippen molar-refractivity contribution in [2.24, 2.45) is 0 Å². The average Bonchev–Trinajstić information content (AvgIpc) is 2.97. The van der Waals surface area contributed by atoms with Gasteiger partial charge in [0.25, 0.3) is 5.56 Å². The number of halogens is 1. The molecule has 1 aromatic carbocycles. The molecule has 0 bridgehead atoms. The van der Waals surface area contributed by atoms with Crippen LogP contribution in [0, 0.1) is 5.82 Å². The third-order valence-corrected chi connectivity index (χ3v) is 6.11. The molecule has 0 unspecified atom stereocenters. The van der Waals surface area contributed by atoms with Gasteiger partial charge in [-0.2, -0.15) is 0 Å². The van der Waals surface area contributed by atoms with Crippen molar-refractivity contribution >= 4 is 29.5 Å². The monoisotopic (exact) mass is 394 g/mol. The second kappa shape index (κ2) is 7.84. The molecular formula is C18H19FN2O3S2. The lowest BCUT2D eigenvalue weighted by atomic mass is 10.2. The van der Waals surface area contributed by atoms with Gasteiger partial charge >= 0.3 is 5.97 Å². The van der Waals surface area contributed by atoms with Gasteiger partial charge in [0.2, 0.25) is 0 Å². The summed E-state index contributed by atoms with van der Waals surface area (Å²) in [7, 11) is 0. The number of nitrogens with zero attached hydrogens (tertiary/aromatic N) is 2. The highest BCUT2D eigenvalue weighted by molar-refractivity contribution is 8.00. The molecule has 26 heavy (non-hydrogen) atoms. The Morgan fingerprint density at radius 1 is 1.46 bits per heavy atom. The molecule has 138 valence electrons. The summed E-state index contributed by atoms with van der Waals surface area (Å²) in [4.78, 5) is 30.3. The van der Waals surface area contributed by atoms with Gasteiger partial charge < -0.3 is 4.74 Å². The highest BCUT2D eigenvalue weighted by atomic mass is 32.2. The second-order valence-electron chi connectivity index (χ2n) is 5.93. The van der Waals surface area contributed by atoms with Crippen molar-refractivity contribution in [3.05, 3.63) is 46.1 Å². The van der Waals surface area contributed by atoms with E-state index in [4.69, 9.17) is 4.74 Å². The number of rotatable bonds is 5.